The molecule has 0 aromatic carbocycles. The third-order valence-corrected chi connectivity index (χ3v) is 1.50. The van der Waals surface area contributed by atoms with Gasteiger partial charge in [0, 0.05) is 50.9 Å². The Balaban J connectivity index is 0. The van der Waals surface area contributed by atoms with Crippen molar-refractivity contribution in [2.24, 2.45) is 0 Å². The summed E-state index contributed by atoms with van der Waals surface area (Å²) in [5, 5.41) is 0. The molecule has 0 amide bonds. The van der Waals surface area contributed by atoms with Crippen LogP contribution >= 0.6 is 0 Å². The number of rotatable bonds is 3. The van der Waals surface area contributed by atoms with Gasteiger partial charge in [0.2, 0.25) is 0 Å². The fraction of sp³-hybridized carbons (Fsp3) is 1.00. The first kappa shape index (κ1) is 11.8. The van der Waals surface area contributed by atoms with Gasteiger partial charge < -0.3 is 13.3 Å². The van der Waals surface area contributed by atoms with Crippen molar-refractivity contribution in [2.45, 2.75) is 0 Å². The Hall–Kier alpha value is 1.10. The van der Waals surface area contributed by atoms with Gasteiger partial charge in [0.15, 0.2) is 0 Å². The summed E-state index contributed by atoms with van der Waals surface area (Å²) < 4.78 is 14.1. The minimum Gasteiger partial charge on any atom is -0.375 e. The Morgan fingerprint density at radius 2 is 1.12 bits per heavy atom. The molecule has 0 aromatic heterocycles. The molecule has 0 saturated carbocycles. The van der Waals surface area contributed by atoms with Crippen molar-refractivity contribution < 1.29 is 13.3 Å². The van der Waals surface area contributed by atoms with Crippen LogP contribution in [-0.4, -0.2) is 60.4 Å². The molecule has 0 unspecified atom stereocenters. The maximum absolute atomic E-state index is 4.71. The molecule has 0 bridgehead atoms. The predicted octanol–water partition coefficient (Wildman–Crippen LogP) is -0.470. The van der Waals surface area contributed by atoms with Crippen molar-refractivity contribution in [3.63, 3.8) is 0 Å². The molecule has 0 atom stereocenters. The quantitative estimate of drug-likeness (QED) is 0.501. The zero-order valence-electron chi connectivity index (χ0n) is 5.72. The molecule has 0 heterocycles. The monoisotopic (exact) mass is 144 g/mol. The molecule has 0 spiro atoms. The first-order valence-corrected chi connectivity index (χ1v) is 3.06. The fourth-order valence-corrected chi connectivity index (χ4v) is 0.750. The second kappa shape index (κ2) is 8.10. The van der Waals surface area contributed by atoms with Crippen molar-refractivity contribution in [1.82, 2.24) is 0 Å². The molecule has 0 N–H and O–H groups in total. The van der Waals surface area contributed by atoms with Crippen LogP contribution in [0.4, 0.5) is 0 Å². The van der Waals surface area contributed by atoms with Gasteiger partial charge in [-0.1, -0.05) is 0 Å². The maximum Gasteiger partial charge on any atom is 0.576 e. The summed E-state index contributed by atoms with van der Waals surface area (Å²) in [4.78, 5) is 0. The molecule has 0 saturated heterocycles. The van der Waals surface area contributed by atoms with Gasteiger partial charge in [-0.05, 0) is 0 Å². The number of hydrogen-bond donors (Lipinski definition) is 0. The van der Waals surface area contributed by atoms with E-state index in [1.54, 1.807) is 21.3 Å². The van der Waals surface area contributed by atoms with Crippen LogP contribution < -0.4 is 0 Å². The molecule has 0 aliphatic carbocycles. The topological polar surface area (TPSA) is 27.7 Å². The van der Waals surface area contributed by atoms with E-state index >= 15 is 0 Å². The van der Waals surface area contributed by atoms with Gasteiger partial charge in [-0.3, -0.25) is 0 Å². The molecule has 5 heteroatoms. The van der Waals surface area contributed by atoms with Crippen LogP contribution in [0.15, 0.2) is 0 Å². The van der Waals surface area contributed by atoms with Gasteiger partial charge in [-0.15, -0.1) is 0 Å². The standard InChI is InChI=1S/C3H9O3Si.Na/c1-4-7(5-2)6-3;/h1-3H3;. The zero-order chi connectivity index (χ0) is 5.70. The Morgan fingerprint density at radius 3 is 1.12 bits per heavy atom. The van der Waals surface area contributed by atoms with Crippen molar-refractivity contribution in [3.8, 4) is 0 Å². The van der Waals surface area contributed by atoms with E-state index in [-0.39, 0.29) is 29.6 Å². The average Bonchev–Trinajstić information content (AvgIpc) is 1.72. The van der Waals surface area contributed by atoms with Gasteiger partial charge in [-0.25, -0.2) is 0 Å². The van der Waals surface area contributed by atoms with E-state index in [0.717, 1.165) is 0 Å². The van der Waals surface area contributed by atoms with Gasteiger partial charge in [-0.2, -0.15) is 0 Å². The molecule has 2 radical (unpaired) electrons. The first-order valence-electron chi connectivity index (χ1n) is 1.84. The Kier molecular flexibility index (Phi) is 12.0. The Bertz CT molecular complexity index is 36.0. The van der Waals surface area contributed by atoms with Crippen LogP contribution in [-0.2, 0) is 13.3 Å². The van der Waals surface area contributed by atoms with Gasteiger partial charge >= 0.3 is 9.53 Å². The molecule has 8 heavy (non-hydrogen) atoms. The minimum atomic E-state index is -1.36. The van der Waals surface area contributed by atoms with Gasteiger partial charge in [0.25, 0.3) is 0 Å². The fourth-order valence-electron chi connectivity index (χ4n) is 0.250. The van der Waals surface area contributed by atoms with Crippen LogP contribution in [0.25, 0.3) is 0 Å². The zero-order valence-corrected chi connectivity index (χ0v) is 8.72. The molecular weight excluding hydrogens is 135 g/mol. The van der Waals surface area contributed by atoms with Crippen LogP contribution in [0.3, 0.4) is 0 Å². The number of hydrogen-bond acceptors (Lipinski definition) is 3. The average molecular weight is 144 g/mol. The van der Waals surface area contributed by atoms with Crippen molar-refractivity contribution in [1.29, 1.82) is 0 Å². The molecule has 0 aliphatic rings. The van der Waals surface area contributed by atoms with E-state index in [0.29, 0.717) is 0 Å². The molecule has 44 valence electrons. The normalized spacial score (nSPS) is 9.00. The largest absolute Gasteiger partial charge is 0.576 e. The van der Waals surface area contributed by atoms with Crippen LogP contribution in [0.5, 0.6) is 0 Å². The van der Waals surface area contributed by atoms with Gasteiger partial charge in [0.1, 0.15) is 0 Å². The second-order valence-corrected chi connectivity index (χ2v) is 2.59. The summed E-state index contributed by atoms with van der Waals surface area (Å²) in [6, 6.07) is 0. The smallest absolute Gasteiger partial charge is 0.375 e. The summed E-state index contributed by atoms with van der Waals surface area (Å²) in [5.74, 6) is 0. The van der Waals surface area contributed by atoms with Crippen LogP contribution in [0.1, 0.15) is 0 Å². The predicted molar refractivity (Wildman–Crippen MR) is 32.5 cm³/mol. The SMILES string of the molecule is CO[Si](OC)OC.[Na]. The molecule has 0 aliphatic heterocycles. The summed E-state index contributed by atoms with van der Waals surface area (Å²) in [6.45, 7) is 0. The maximum atomic E-state index is 4.71. The van der Waals surface area contributed by atoms with Crippen molar-refractivity contribution in [3.05, 3.63) is 0 Å². The van der Waals surface area contributed by atoms with E-state index in [1.165, 1.54) is 0 Å². The van der Waals surface area contributed by atoms with Crippen molar-refractivity contribution in [2.75, 3.05) is 21.3 Å². The van der Waals surface area contributed by atoms with E-state index in [4.69, 9.17) is 13.3 Å². The Labute approximate surface area is 73.6 Å². The summed E-state index contributed by atoms with van der Waals surface area (Å²) in [5.41, 5.74) is 0. The van der Waals surface area contributed by atoms with E-state index in [2.05, 4.69) is 0 Å². The van der Waals surface area contributed by atoms with Crippen molar-refractivity contribution >= 4 is 39.1 Å². The van der Waals surface area contributed by atoms with Gasteiger partial charge in [0.05, 0.1) is 0 Å². The minimum absolute atomic E-state index is 0. The Morgan fingerprint density at radius 1 is 0.875 bits per heavy atom. The van der Waals surface area contributed by atoms with E-state index in [9.17, 15) is 0 Å². The third kappa shape index (κ3) is 5.24. The molecular formula is C3H9NaO3Si. The first-order chi connectivity index (χ1) is 3.35. The summed E-state index contributed by atoms with van der Waals surface area (Å²) in [6.07, 6.45) is 0. The molecule has 3 nitrogen and oxygen atoms in total. The molecule has 0 aromatic rings. The second-order valence-electron chi connectivity index (χ2n) is 0.862. The van der Waals surface area contributed by atoms with E-state index < -0.39 is 9.53 Å². The molecule has 0 fully saturated rings. The van der Waals surface area contributed by atoms with E-state index in [1.807, 2.05) is 0 Å². The summed E-state index contributed by atoms with van der Waals surface area (Å²) in [7, 11) is 3.31. The molecule has 0 rings (SSSR count). The van der Waals surface area contributed by atoms with Crippen LogP contribution in [0, 0.1) is 0 Å². The summed E-state index contributed by atoms with van der Waals surface area (Å²) >= 11 is 0. The van der Waals surface area contributed by atoms with Crippen LogP contribution in [0.2, 0.25) is 0 Å². The third-order valence-electron chi connectivity index (χ3n) is 0.500.